The summed E-state index contributed by atoms with van der Waals surface area (Å²) in [6, 6.07) is 0.530. The van der Waals surface area contributed by atoms with Crippen LogP contribution in [0.5, 0.6) is 0 Å². The number of hydrogen-bond acceptors (Lipinski definition) is 3. The highest BCUT2D eigenvalue weighted by Crippen LogP contribution is 2.65. The number of rotatable bonds is 0. The van der Waals surface area contributed by atoms with Gasteiger partial charge in [0, 0.05) is 12.0 Å². The number of nitrogens with one attached hydrogen (secondary N) is 1. The van der Waals surface area contributed by atoms with Crippen molar-refractivity contribution in [1.29, 1.82) is 0 Å². The second-order valence-electron chi connectivity index (χ2n) is 12.2. The van der Waals surface area contributed by atoms with Crippen molar-refractivity contribution in [3.8, 4) is 0 Å². The second kappa shape index (κ2) is 8.24. The lowest BCUT2D eigenvalue weighted by atomic mass is 9.56. The molecule has 0 amide bonds. The SMILES string of the molecule is CC.CC1=C2C[C@H]3C(CC=C4CC(O)CCC43C)[C@@H]2CCC12OC1CC(C)CNC1[C@H]2C. The minimum Gasteiger partial charge on any atom is -0.393 e. The third kappa shape index (κ3) is 3.17. The first-order chi connectivity index (χ1) is 15.3. The molecule has 2 N–H and O–H groups in total. The maximum absolute atomic E-state index is 10.3. The summed E-state index contributed by atoms with van der Waals surface area (Å²) < 4.78 is 7.03. The Balaban J connectivity index is 0.00000105. The van der Waals surface area contributed by atoms with Gasteiger partial charge in [-0.15, -0.1) is 0 Å². The molecule has 10 atom stereocenters. The summed E-state index contributed by atoms with van der Waals surface area (Å²) in [4.78, 5) is 0. The van der Waals surface area contributed by atoms with Crippen LogP contribution in [0.25, 0.3) is 0 Å². The number of aliphatic hydroxyl groups is 1. The van der Waals surface area contributed by atoms with Crippen LogP contribution in [0.2, 0.25) is 0 Å². The minimum absolute atomic E-state index is 0.0222. The van der Waals surface area contributed by atoms with Crippen LogP contribution in [0.4, 0.5) is 0 Å². The molecule has 2 heterocycles. The molecule has 180 valence electrons. The predicted octanol–water partition coefficient (Wildman–Crippen LogP) is 6.03. The van der Waals surface area contributed by atoms with Crippen LogP contribution < -0.4 is 5.32 Å². The van der Waals surface area contributed by atoms with Gasteiger partial charge in [-0.2, -0.15) is 0 Å². The van der Waals surface area contributed by atoms with E-state index in [1.54, 1.807) is 16.7 Å². The third-order valence-corrected chi connectivity index (χ3v) is 10.9. The van der Waals surface area contributed by atoms with Gasteiger partial charge >= 0.3 is 0 Å². The van der Waals surface area contributed by atoms with E-state index in [-0.39, 0.29) is 11.7 Å². The molecule has 4 aliphatic carbocycles. The van der Waals surface area contributed by atoms with Crippen molar-refractivity contribution >= 4 is 0 Å². The van der Waals surface area contributed by atoms with Crippen molar-refractivity contribution in [2.24, 2.45) is 35.0 Å². The Morgan fingerprint density at radius 2 is 1.91 bits per heavy atom. The van der Waals surface area contributed by atoms with E-state index in [0.717, 1.165) is 43.1 Å². The zero-order valence-corrected chi connectivity index (χ0v) is 21.4. The first kappa shape index (κ1) is 23.1. The molecule has 6 rings (SSSR count). The summed E-state index contributed by atoms with van der Waals surface area (Å²) in [5.41, 5.74) is 5.25. The quantitative estimate of drug-likeness (QED) is 0.451. The van der Waals surface area contributed by atoms with Crippen molar-refractivity contribution < 1.29 is 9.84 Å². The molecule has 3 nitrogen and oxygen atoms in total. The molecular weight excluding hydrogens is 394 g/mol. The lowest BCUT2D eigenvalue weighted by molar-refractivity contribution is -0.0549. The van der Waals surface area contributed by atoms with Crippen LogP contribution in [-0.2, 0) is 4.74 Å². The number of fused-ring (bicyclic) bond motifs is 6. The number of ether oxygens (including phenoxy) is 1. The lowest BCUT2D eigenvalue weighted by Crippen LogP contribution is -2.49. The molecule has 3 heteroatoms. The van der Waals surface area contributed by atoms with Gasteiger partial charge in [-0.25, -0.2) is 0 Å². The molecular formula is C29H47NO2. The van der Waals surface area contributed by atoms with Crippen LogP contribution in [-0.4, -0.2) is 35.5 Å². The summed E-state index contributed by atoms with van der Waals surface area (Å²) in [5.74, 6) is 3.64. The first-order valence-electron chi connectivity index (χ1n) is 13.8. The average molecular weight is 442 g/mol. The summed E-state index contributed by atoms with van der Waals surface area (Å²) in [7, 11) is 0. The highest BCUT2D eigenvalue weighted by Gasteiger charge is 2.60. The van der Waals surface area contributed by atoms with Crippen LogP contribution in [0, 0.1) is 35.0 Å². The van der Waals surface area contributed by atoms with Gasteiger partial charge in [0.25, 0.3) is 0 Å². The summed E-state index contributed by atoms with van der Waals surface area (Å²) in [6.45, 7) is 14.9. The Labute approximate surface area is 196 Å². The Kier molecular flexibility index (Phi) is 5.95. The Hall–Kier alpha value is -0.640. The van der Waals surface area contributed by atoms with Gasteiger partial charge in [0.1, 0.15) is 0 Å². The molecule has 0 bridgehead atoms. The van der Waals surface area contributed by atoms with E-state index < -0.39 is 0 Å². The molecule has 0 aromatic heterocycles. The fourth-order valence-corrected chi connectivity index (χ4v) is 9.09. The number of allylic oxidation sites excluding steroid dienone is 2. The van der Waals surface area contributed by atoms with E-state index in [9.17, 15) is 5.11 Å². The maximum Gasteiger partial charge on any atom is 0.0937 e. The monoisotopic (exact) mass is 441 g/mol. The third-order valence-electron chi connectivity index (χ3n) is 10.9. The van der Waals surface area contributed by atoms with Gasteiger partial charge in [-0.3, -0.25) is 0 Å². The fourth-order valence-electron chi connectivity index (χ4n) is 9.09. The summed E-state index contributed by atoms with van der Waals surface area (Å²) >= 11 is 0. The van der Waals surface area contributed by atoms with E-state index in [0.29, 0.717) is 23.5 Å². The topological polar surface area (TPSA) is 41.5 Å². The Bertz CT molecular complexity index is 801. The average Bonchev–Trinajstić information content (AvgIpc) is 3.30. The standard InChI is InChI=1S/C27H41NO2.C2H6/c1-15-11-24-25(28-14-15)17(3)27(30-24)10-8-20-21-6-5-18-12-19(29)7-9-26(18,4)23(21)13-22(20)16(27)2;1-2/h5,15,17,19-21,23-25,28-29H,6-14H2,1-4H3;1-2H3/t15?,17-,19?,20+,21?,23+,24?,25?,26?,27?;/m1./s1. The van der Waals surface area contributed by atoms with Gasteiger partial charge in [0.05, 0.1) is 17.8 Å². The molecule has 2 saturated heterocycles. The highest BCUT2D eigenvalue weighted by atomic mass is 16.5. The predicted molar refractivity (Wildman–Crippen MR) is 131 cm³/mol. The maximum atomic E-state index is 10.3. The van der Waals surface area contributed by atoms with Crippen molar-refractivity contribution in [1.82, 2.24) is 5.32 Å². The lowest BCUT2D eigenvalue weighted by Gasteiger charge is -2.49. The molecule has 1 spiro atoms. The first-order valence-corrected chi connectivity index (χ1v) is 13.8. The molecule has 2 saturated carbocycles. The summed E-state index contributed by atoms with van der Waals surface area (Å²) in [5, 5.41) is 14.1. The van der Waals surface area contributed by atoms with Gasteiger partial charge in [-0.05, 0) is 99.5 Å². The van der Waals surface area contributed by atoms with Crippen LogP contribution in [0.15, 0.2) is 22.8 Å². The van der Waals surface area contributed by atoms with E-state index in [2.05, 4.69) is 39.1 Å². The number of piperidine rings is 1. The highest BCUT2D eigenvalue weighted by molar-refractivity contribution is 5.38. The molecule has 0 radical (unpaired) electrons. The summed E-state index contributed by atoms with van der Waals surface area (Å²) in [6.07, 6.45) is 12.2. The van der Waals surface area contributed by atoms with E-state index in [1.165, 1.54) is 38.5 Å². The van der Waals surface area contributed by atoms with Crippen LogP contribution >= 0.6 is 0 Å². The normalized spacial score (nSPS) is 51.8. The van der Waals surface area contributed by atoms with Crippen LogP contribution in [0.3, 0.4) is 0 Å². The van der Waals surface area contributed by atoms with Crippen molar-refractivity contribution in [2.45, 2.75) is 117 Å². The largest absolute Gasteiger partial charge is 0.393 e. The van der Waals surface area contributed by atoms with E-state index in [4.69, 9.17) is 4.74 Å². The molecule has 6 aliphatic rings. The fraction of sp³-hybridized carbons (Fsp3) is 0.862. The van der Waals surface area contributed by atoms with Crippen molar-refractivity contribution in [3.63, 3.8) is 0 Å². The number of aliphatic hydroxyl groups excluding tert-OH is 1. The van der Waals surface area contributed by atoms with Gasteiger partial charge in [-0.1, -0.05) is 51.8 Å². The zero-order chi connectivity index (χ0) is 22.8. The van der Waals surface area contributed by atoms with E-state index >= 15 is 0 Å². The molecule has 0 aromatic carbocycles. The molecule has 2 aliphatic heterocycles. The molecule has 7 unspecified atom stereocenters. The van der Waals surface area contributed by atoms with Gasteiger partial charge < -0.3 is 15.2 Å². The smallest absolute Gasteiger partial charge is 0.0937 e. The van der Waals surface area contributed by atoms with Gasteiger partial charge in [0.15, 0.2) is 0 Å². The minimum atomic E-state index is -0.111. The second-order valence-corrected chi connectivity index (χ2v) is 12.2. The number of hydrogen-bond donors (Lipinski definition) is 2. The van der Waals surface area contributed by atoms with Crippen molar-refractivity contribution in [3.05, 3.63) is 22.8 Å². The molecule has 4 fully saturated rings. The Morgan fingerprint density at radius 3 is 2.69 bits per heavy atom. The Morgan fingerprint density at radius 1 is 1.12 bits per heavy atom. The zero-order valence-electron chi connectivity index (χ0n) is 21.4. The van der Waals surface area contributed by atoms with Crippen molar-refractivity contribution in [2.75, 3.05) is 6.54 Å². The van der Waals surface area contributed by atoms with Gasteiger partial charge in [0.2, 0.25) is 0 Å². The molecule has 32 heavy (non-hydrogen) atoms. The van der Waals surface area contributed by atoms with E-state index in [1.807, 2.05) is 13.8 Å². The molecule has 0 aromatic rings. The van der Waals surface area contributed by atoms with Crippen LogP contribution in [0.1, 0.15) is 92.9 Å².